The standard InChI is InChI=1S/C13H8ClNO/c14-10-5-3-8-1-2-9-4-6-12(16)15-13(9)11(8)7-10/h1-7H,(H,15,16). The van der Waals surface area contributed by atoms with E-state index in [-0.39, 0.29) is 5.56 Å². The van der Waals surface area contributed by atoms with Crippen molar-refractivity contribution in [1.29, 1.82) is 0 Å². The quantitative estimate of drug-likeness (QED) is 0.590. The van der Waals surface area contributed by atoms with Gasteiger partial charge in [0.15, 0.2) is 0 Å². The fourth-order valence-corrected chi connectivity index (χ4v) is 2.09. The van der Waals surface area contributed by atoms with Crippen LogP contribution in [0.2, 0.25) is 5.02 Å². The average molecular weight is 230 g/mol. The molecule has 0 aliphatic rings. The third-order valence-corrected chi connectivity index (χ3v) is 2.91. The second kappa shape index (κ2) is 3.35. The Hall–Kier alpha value is -1.80. The molecule has 0 saturated heterocycles. The summed E-state index contributed by atoms with van der Waals surface area (Å²) in [4.78, 5) is 14.2. The topological polar surface area (TPSA) is 32.9 Å². The lowest BCUT2D eigenvalue weighted by atomic mass is 10.1. The van der Waals surface area contributed by atoms with Crippen molar-refractivity contribution in [2.45, 2.75) is 0 Å². The maximum Gasteiger partial charge on any atom is 0.248 e. The lowest BCUT2D eigenvalue weighted by molar-refractivity contribution is 1.32. The zero-order valence-electron chi connectivity index (χ0n) is 8.33. The summed E-state index contributed by atoms with van der Waals surface area (Å²) in [5.41, 5.74) is 0.743. The molecular weight excluding hydrogens is 222 g/mol. The highest BCUT2D eigenvalue weighted by molar-refractivity contribution is 6.31. The van der Waals surface area contributed by atoms with E-state index in [1.165, 1.54) is 6.07 Å². The number of benzene rings is 2. The smallest absolute Gasteiger partial charge is 0.248 e. The van der Waals surface area contributed by atoms with E-state index in [1.54, 1.807) is 0 Å². The molecule has 3 rings (SSSR count). The van der Waals surface area contributed by atoms with Crippen LogP contribution in [0.15, 0.2) is 47.3 Å². The highest BCUT2D eigenvalue weighted by Gasteiger charge is 2.01. The molecule has 1 N–H and O–H groups in total. The van der Waals surface area contributed by atoms with Crippen molar-refractivity contribution in [2.75, 3.05) is 0 Å². The Kier molecular flexibility index (Phi) is 1.98. The molecule has 2 aromatic carbocycles. The van der Waals surface area contributed by atoms with E-state index in [2.05, 4.69) is 4.98 Å². The number of hydrogen-bond donors (Lipinski definition) is 1. The van der Waals surface area contributed by atoms with E-state index in [1.807, 2.05) is 36.4 Å². The monoisotopic (exact) mass is 229 g/mol. The zero-order chi connectivity index (χ0) is 11.1. The maximum absolute atomic E-state index is 11.3. The molecule has 0 aliphatic heterocycles. The number of H-pyrrole nitrogens is 1. The molecule has 1 heterocycles. The molecule has 2 nitrogen and oxygen atoms in total. The minimum atomic E-state index is -0.0972. The Morgan fingerprint density at radius 2 is 1.62 bits per heavy atom. The first-order valence-electron chi connectivity index (χ1n) is 4.95. The van der Waals surface area contributed by atoms with Gasteiger partial charge in [0.05, 0.1) is 5.52 Å². The van der Waals surface area contributed by atoms with Crippen LogP contribution >= 0.6 is 11.6 Å². The van der Waals surface area contributed by atoms with Crippen molar-refractivity contribution in [1.82, 2.24) is 4.98 Å². The van der Waals surface area contributed by atoms with Crippen LogP contribution < -0.4 is 5.56 Å². The predicted molar refractivity (Wildman–Crippen MR) is 67.1 cm³/mol. The zero-order valence-corrected chi connectivity index (χ0v) is 9.08. The summed E-state index contributed by atoms with van der Waals surface area (Å²) in [6, 6.07) is 13.0. The van der Waals surface area contributed by atoms with Gasteiger partial charge in [-0.15, -0.1) is 0 Å². The molecule has 0 bridgehead atoms. The van der Waals surface area contributed by atoms with Gasteiger partial charge in [0.25, 0.3) is 0 Å². The number of hydrogen-bond acceptors (Lipinski definition) is 1. The Bertz CT molecular complexity index is 746. The summed E-state index contributed by atoms with van der Waals surface area (Å²) < 4.78 is 0. The van der Waals surface area contributed by atoms with E-state index in [0.717, 1.165) is 21.7 Å². The molecule has 16 heavy (non-hydrogen) atoms. The molecule has 0 saturated carbocycles. The molecule has 1 aromatic heterocycles. The Morgan fingerprint density at radius 1 is 0.938 bits per heavy atom. The van der Waals surface area contributed by atoms with Crippen LogP contribution in [0.3, 0.4) is 0 Å². The number of fused-ring (bicyclic) bond motifs is 3. The van der Waals surface area contributed by atoms with Gasteiger partial charge < -0.3 is 4.98 Å². The van der Waals surface area contributed by atoms with E-state index >= 15 is 0 Å². The van der Waals surface area contributed by atoms with Gasteiger partial charge in [-0.25, -0.2) is 0 Å². The number of rotatable bonds is 0. The van der Waals surface area contributed by atoms with Crippen molar-refractivity contribution in [3.8, 4) is 0 Å². The van der Waals surface area contributed by atoms with E-state index in [0.29, 0.717) is 5.02 Å². The van der Waals surface area contributed by atoms with Gasteiger partial charge in [-0.3, -0.25) is 4.79 Å². The fourth-order valence-electron chi connectivity index (χ4n) is 1.92. The van der Waals surface area contributed by atoms with E-state index in [9.17, 15) is 4.79 Å². The van der Waals surface area contributed by atoms with Crippen molar-refractivity contribution < 1.29 is 0 Å². The highest BCUT2D eigenvalue weighted by Crippen LogP contribution is 2.25. The van der Waals surface area contributed by atoms with Crippen molar-refractivity contribution >= 4 is 33.3 Å². The Balaban J connectivity index is 2.60. The largest absolute Gasteiger partial charge is 0.321 e. The molecule has 3 aromatic rings. The number of pyridine rings is 1. The van der Waals surface area contributed by atoms with Crippen LogP contribution in [0.4, 0.5) is 0 Å². The van der Waals surface area contributed by atoms with Crippen LogP contribution in [0.5, 0.6) is 0 Å². The van der Waals surface area contributed by atoms with Gasteiger partial charge in [-0.2, -0.15) is 0 Å². The first kappa shape index (κ1) is 9.43. The molecule has 0 amide bonds. The molecular formula is C13H8ClNO. The molecule has 0 spiro atoms. The lowest BCUT2D eigenvalue weighted by Gasteiger charge is -2.03. The van der Waals surface area contributed by atoms with E-state index < -0.39 is 0 Å². The normalized spacial score (nSPS) is 11.1. The van der Waals surface area contributed by atoms with Crippen molar-refractivity contribution in [3.05, 3.63) is 57.8 Å². The number of aromatic amines is 1. The molecule has 3 heteroatoms. The average Bonchev–Trinajstić information content (AvgIpc) is 2.29. The fraction of sp³-hybridized carbons (Fsp3) is 0. The Morgan fingerprint density at radius 3 is 2.50 bits per heavy atom. The second-order valence-corrected chi connectivity index (χ2v) is 4.15. The van der Waals surface area contributed by atoms with Crippen molar-refractivity contribution in [2.24, 2.45) is 0 Å². The van der Waals surface area contributed by atoms with Gasteiger partial charge >= 0.3 is 0 Å². The summed E-state index contributed by atoms with van der Waals surface area (Å²) in [5.74, 6) is 0. The van der Waals surface area contributed by atoms with Crippen molar-refractivity contribution in [3.63, 3.8) is 0 Å². The molecule has 0 atom stereocenters. The van der Waals surface area contributed by atoms with Crippen LogP contribution in [0.25, 0.3) is 21.7 Å². The second-order valence-electron chi connectivity index (χ2n) is 3.72. The Labute approximate surface area is 96.5 Å². The number of halogens is 1. The van der Waals surface area contributed by atoms with Gasteiger partial charge in [-0.1, -0.05) is 29.8 Å². The lowest BCUT2D eigenvalue weighted by Crippen LogP contribution is -2.02. The molecule has 0 aliphatic carbocycles. The van der Waals surface area contributed by atoms with Gasteiger partial charge in [-0.05, 0) is 29.0 Å². The minimum absolute atomic E-state index is 0.0972. The molecule has 0 unspecified atom stereocenters. The van der Waals surface area contributed by atoms with Crippen LogP contribution in [-0.4, -0.2) is 4.98 Å². The first-order valence-corrected chi connectivity index (χ1v) is 5.33. The van der Waals surface area contributed by atoms with Crippen LogP contribution in [-0.2, 0) is 0 Å². The van der Waals surface area contributed by atoms with Gasteiger partial charge in [0.2, 0.25) is 5.56 Å². The first-order chi connectivity index (χ1) is 7.74. The summed E-state index contributed by atoms with van der Waals surface area (Å²) in [6.07, 6.45) is 0. The number of aromatic nitrogens is 1. The SMILES string of the molecule is O=c1ccc2ccc3ccc(Cl)cc3c2[nH]1. The third-order valence-electron chi connectivity index (χ3n) is 2.68. The van der Waals surface area contributed by atoms with Crippen LogP contribution in [0.1, 0.15) is 0 Å². The summed E-state index contributed by atoms with van der Waals surface area (Å²) in [5, 5.41) is 3.72. The van der Waals surface area contributed by atoms with E-state index in [4.69, 9.17) is 11.6 Å². The highest BCUT2D eigenvalue weighted by atomic mass is 35.5. The third kappa shape index (κ3) is 1.39. The summed E-state index contributed by atoms with van der Waals surface area (Å²) in [6.45, 7) is 0. The maximum atomic E-state index is 11.3. The number of nitrogens with one attached hydrogen (secondary N) is 1. The van der Waals surface area contributed by atoms with Gasteiger partial charge in [0, 0.05) is 16.5 Å². The molecule has 0 radical (unpaired) electrons. The van der Waals surface area contributed by atoms with Gasteiger partial charge in [0.1, 0.15) is 0 Å². The molecule has 78 valence electrons. The van der Waals surface area contributed by atoms with Crippen LogP contribution in [0, 0.1) is 0 Å². The predicted octanol–water partition coefficient (Wildman–Crippen LogP) is 3.33. The summed E-state index contributed by atoms with van der Waals surface area (Å²) >= 11 is 5.97. The molecule has 0 fully saturated rings. The summed E-state index contributed by atoms with van der Waals surface area (Å²) in [7, 11) is 0. The minimum Gasteiger partial charge on any atom is -0.321 e.